The van der Waals surface area contributed by atoms with E-state index in [1.807, 2.05) is 7.05 Å². The maximum atomic E-state index is 10.9. The van der Waals surface area contributed by atoms with Gasteiger partial charge in [-0.3, -0.25) is 4.68 Å². The third-order valence-electron chi connectivity index (χ3n) is 4.78. The molecule has 0 spiro atoms. The average molecular weight is 299 g/mol. The summed E-state index contributed by atoms with van der Waals surface area (Å²) >= 11 is 6.40. The van der Waals surface area contributed by atoms with Crippen molar-refractivity contribution in [2.24, 2.45) is 18.9 Å². The van der Waals surface area contributed by atoms with Crippen molar-refractivity contribution in [2.45, 2.75) is 64.9 Å². The van der Waals surface area contributed by atoms with Gasteiger partial charge in [0.15, 0.2) is 0 Å². The summed E-state index contributed by atoms with van der Waals surface area (Å²) in [6, 6.07) is 0. The highest BCUT2D eigenvalue weighted by molar-refractivity contribution is 6.30. The Bertz CT molecular complexity index is 456. The maximum Gasteiger partial charge on any atom is 0.132 e. The van der Waals surface area contributed by atoms with E-state index in [0.717, 1.165) is 24.1 Å². The molecule has 1 aliphatic rings. The molecule has 1 saturated carbocycles. The molecule has 0 radical (unpaired) electrons. The second-order valence-electron chi connectivity index (χ2n) is 6.43. The molecule has 1 aromatic heterocycles. The Balaban J connectivity index is 2.34. The molecular formula is C16H27ClN2O. The smallest absolute Gasteiger partial charge is 0.132 e. The molecule has 20 heavy (non-hydrogen) atoms. The van der Waals surface area contributed by atoms with Gasteiger partial charge >= 0.3 is 0 Å². The summed E-state index contributed by atoms with van der Waals surface area (Å²) in [4.78, 5) is 0. The van der Waals surface area contributed by atoms with Crippen LogP contribution >= 0.6 is 11.6 Å². The largest absolute Gasteiger partial charge is 0.388 e. The number of aromatic nitrogens is 2. The van der Waals surface area contributed by atoms with Crippen LogP contribution in [0.1, 0.15) is 76.2 Å². The van der Waals surface area contributed by atoms with Crippen LogP contribution in [-0.4, -0.2) is 14.9 Å². The first-order valence-corrected chi connectivity index (χ1v) is 8.25. The van der Waals surface area contributed by atoms with Crippen molar-refractivity contribution in [3.8, 4) is 0 Å². The minimum atomic E-state index is -0.473. The van der Waals surface area contributed by atoms with E-state index in [-0.39, 0.29) is 5.92 Å². The van der Waals surface area contributed by atoms with Crippen LogP contribution in [0.5, 0.6) is 0 Å². The zero-order chi connectivity index (χ0) is 14.9. The van der Waals surface area contributed by atoms with Gasteiger partial charge in [-0.05, 0) is 24.2 Å². The lowest BCUT2D eigenvalue weighted by Gasteiger charge is -2.34. The SMILES string of the molecule is CCC1CCCCC1C(O)c1c(C(C)C)nn(C)c1Cl. The van der Waals surface area contributed by atoms with E-state index >= 15 is 0 Å². The standard InChI is InChI=1S/C16H27ClN2O/c1-5-11-8-6-7-9-12(11)15(20)13-14(10(2)3)18-19(4)16(13)17/h10-12,15,20H,5-9H2,1-4H3. The van der Waals surface area contributed by atoms with E-state index in [9.17, 15) is 5.11 Å². The van der Waals surface area contributed by atoms with Gasteiger partial charge in [-0.15, -0.1) is 0 Å². The second-order valence-corrected chi connectivity index (χ2v) is 6.79. The Kier molecular flexibility index (Phi) is 5.14. The van der Waals surface area contributed by atoms with Gasteiger partial charge in [0.1, 0.15) is 5.15 Å². The number of aliphatic hydroxyl groups is 1. The van der Waals surface area contributed by atoms with E-state index in [0.29, 0.717) is 17.0 Å². The molecule has 4 heteroatoms. The molecule has 1 fully saturated rings. The van der Waals surface area contributed by atoms with E-state index in [1.165, 1.54) is 19.3 Å². The van der Waals surface area contributed by atoms with Crippen molar-refractivity contribution >= 4 is 11.6 Å². The number of aliphatic hydroxyl groups excluding tert-OH is 1. The molecule has 2 rings (SSSR count). The molecule has 0 amide bonds. The number of halogens is 1. The zero-order valence-corrected chi connectivity index (χ0v) is 13.8. The topological polar surface area (TPSA) is 38.1 Å². The first kappa shape index (κ1) is 15.8. The Morgan fingerprint density at radius 1 is 1.35 bits per heavy atom. The molecule has 3 atom stereocenters. The van der Waals surface area contributed by atoms with Crippen molar-refractivity contribution in [2.75, 3.05) is 0 Å². The van der Waals surface area contributed by atoms with Crippen molar-refractivity contribution in [1.29, 1.82) is 0 Å². The van der Waals surface area contributed by atoms with Gasteiger partial charge in [0.05, 0.1) is 11.8 Å². The summed E-state index contributed by atoms with van der Waals surface area (Å²) in [6.07, 6.45) is 5.50. The quantitative estimate of drug-likeness (QED) is 0.892. The van der Waals surface area contributed by atoms with Crippen LogP contribution in [0.4, 0.5) is 0 Å². The van der Waals surface area contributed by atoms with Crippen LogP contribution in [0.2, 0.25) is 5.15 Å². The summed E-state index contributed by atoms with van der Waals surface area (Å²) in [5.74, 6) is 1.21. The maximum absolute atomic E-state index is 10.9. The highest BCUT2D eigenvalue weighted by Crippen LogP contribution is 2.43. The van der Waals surface area contributed by atoms with Crippen LogP contribution in [0, 0.1) is 11.8 Å². The average Bonchev–Trinajstić information content (AvgIpc) is 2.74. The number of nitrogens with zero attached hydrogens (tertiary/aromatic N) is 2. The van der Waals surface area contributed by atoms with Crippen LogP contribution in [0.15, 0.2) is 0 Å². The number of aryl methyl sites for hydroxylation is 1. The van der Waals surface area contributed by atoms with Gasteiger partial charge in [0, 0.05) is 12.6 Å². The van der Waals surface area contributed by atoms with Crippen molar-refractivity contribution in [3.05, 3.63) is 16.4 Å². The predicted octanol–water partition coefficient (Wildman–Crippen LogP) is 4.45. The molecule has 0 aliphatic heterocycles. The summed E-state index contributed by atoms with van der Waals surface area (Å²) in [7, 11) is 1.85. The first-order valence-electron chi connectivity index (χ1n) is 7.87. The van der Waals surface area contributed by atoms with E-state index in [2.05, 4.69) is 25.9 Å². The highest BCUT2D eigenvalue weighted by atomic mass is 35.5. The molecule has 1 heterocycles. The lowest BCUT2D eigenvalue weighted by atomic mass is 9.73. The normalized spacial score (nSPS) is 25.1. The Morgan fingerprint density at radius 2 is 2.00 bits per heavy atom. The van der Waals surface area contributed by atoms with Gasteiger partial charge in [-0.1, -0.05) is 58.1 Å². The minimum absolute atomic E-state index is 0.280. The Labute approximate surface area is 127 Å². The highest BCUT2D eigenvalue weighted by Gasteiger charge is 2.34. The molecule has 1 N–H and O–H groups in total. The van der Waals surface area contributed by atoms with Crippen LogP contribution in [0.25, 0.3) is 0 Å². The second kappa shape index (κ2) is 6.48. The van der Waals surface area contributed by atoms with Gasteiger partial charge in [-0.2, -0.15) is 5.10 Å². The monoisotopic (exact) mass is 298 g/mol. The molecule has 0 aromatic carbocycles. The minimum Gasteiger partial charge on any atom is -0.388 e. The first-order chi connectivity index (χ1) is 9.47. The molecule has 3 nitrogen and oxygen atoms in total. The Morgan fingerprint density at radius 3 is 2.60 bits per heavy atom. The van der Waals surface area contributed by atoms with Crippen LogP contribution in [-0.2, 0) is 7.05 Å². The molecule has 1 aliphatic carbocycles. The van der Waals surface area contributed by atoms with Gasteiger partial charge in [0.25, 0.3) is 0 Å². The number of rotatable bonds is 4. The van der Waals surface area contributed by atoms with E-state index in [4.69, 9.17) is 11.6 Å². The van der Waals surface area contributed by atoms with Crippen molar-refractivity contribution in [3.63, 3.8) is 0 Å². The fourth-order valence-electron chi connectivity index (χ4n) is 3.61. The molecule has 1 aromatic rings. The number of hydrogen-bond acceptors (Lipinski definition) is 2. The molecule has 0 bridgehead atoms. The molecule has 0 saturated heterocycles. The summed E-state index contributed by atoms with van der Waals surface area (Å²) in [5, 5.41) is 16.0. The third-order valence-corrected chi connectivity index (χ3v) is 5.23. The van der Waals surface area contributed by atoms with Crippen LogP contribution < -0.4 is 0 Å². The third kappa shape index (κ3) is 2.89. The fourth-order valence-corrected chi connectivity index (χ4v) is 3.86. The van der Waals surface area contributed by atoms with Gasteiger partial charge in [0.2, 0.25) is 0 Å². The lowest BCUT2D eigenvalue weighted by Crippen LogP contribution is -2.26. The van der Waals surface area contributed by atoms with Crippen molar-refractivity contribution < 1.29 is 5.11 Å². The number of hydrogen-bond donors (Lipinski definition) is 1. The summed E-state index contributed by atoms with van der Waals surface area (Å²) in [6.45, 7) is 6.43. The summed E-state index contributed by atoms with van der Waals surface area (Å²) in [5.41, 5.74) is 1.82. The van der Waals surface area contributed by atoms with Crippen molar-refractivity contribution in [1.82, 2.24) is 9.78 Å². The van der Waals surface area contributed by atoms with E-state index < -0.39 is 6.10 Å². The molecule has 114 valence electrons. The van der Waals surface area contributed by atoms with Crippen LogP contribution in [0.3, 0.4) is 0 Å². The predicted molar refractivity (Wildman–Crippen MR) is 83.0 cm³/mol. The van der Waals surface area contributed by atoms with E-state index in [1.54, 1.807) is 4.68 Å². The Hall–Kier alpha value is -0.540. The fraction of sp³-hybridized carbons (Fsp3) is 0.812. The summed E-state index contributed by atoms with van der Waals surface area (Å²) < 4.78 is 1.69. The molecule has 3 unspecified atom stereocenters. The molecular weight excluding hydrogens is 272 g/mol. The zero-order valence-electron chi connectivity index (χ0n) is 13.1. The lowest BCUT2D eigenvalue weighted by molar-refractivity contribution is 0.0444. The van der Waals surface area contributed by atoms with Gasteiger partial charge < -0.3 is 5.11 Å². The van der Waals surface area contributed by atoms with Gasteiger partial charge in [-0.25, -0.2) is 0 Å².